The molecular formula is C16H14ClFO. The first-order valence-electron chi connectivity index (χ1n) is 6.02. The number of aryl methyl sites for hydroxylation is 1. The van der Waals surface area contributed by atoms with E-state index in [1.807, 2.05) is 32.0 Å². The summed E-state index contributed by atoms with van der Waals surface area (Å²) in [6.45, 7) is 3.89. The van der Waals surface area contributed by atoms with Gasteiger partial charge in [-0.05, 0) is 42.7 Å². The van der Waals surface area contributed by atoms with Crippen LogP contribution in [0.25, 0.3) is 0 Å². The Balaban J connectivity index is 2.28. The molecule has 1 nitrogen and oxygen atoms in total. The van der Waals surface area contributed by atoms with E-state index in [2.05, 4.69) is 0 Å². The molecule has 0 bridgehead atoms. The minimum atomic E-state index is -0.395. The lowest BCUT2D eigenvalue weighted by Gasteiger charge is -2.08. The van der Waals surface area contributed by atoms with Crippen LogP contribution in [0.5, 0.6) is 0 Å². The lowest BCUT2D eigenvalue weighted by atomic mass is 9.96. The summed E-state index contributed by atoms with van der Waals surface area (Å²) in [6.07, 6.45) is 0.184. The van der Waals surface area contributed by atoms with Gasteiger partial charge in [-0.15, -0.1) is 0 Å². The Bertz CT molecular complexity index is 635. The molecule has 0 aliphatic rings. The van der Waals surface area contributed by atoms with Crippen LogP contribution in [0.2, 0.25) is 5.02 Å². The molecule has 0 unspecified atom stereocenters. The minimum Gasteiger partial charge on any atom is -0.294 e. The first-order valence-corrected chi connectivity index (χ1v) is 6.40. The van der Waals surface area contributed by atoms with Crippen molar-refractivity contribution in [1.82, 2.24) is 0 Å². The topological polar surface area (TPSA) is 17.1 Å². The molecular weight excluding hydrogens is 263 g/mol. The maximum atomic E-state index is 13.0. The second-order valence-corrected chi connectivity index (χ2v) is 4.99. The van der Waals surface area contributed by atoms with Crippen molar-refractivity contribution in [3.63, 3.8) is 0 Å². The molecule has 98 valence electrons. The van der Waals surface area contributed by atoms with Gasteiger partial charge in [0, 0.05) is 17.0 Å². The Morgan fingerprint density at radius 2 is 1.95 bits per heavy atom. The summed E-state index contributed by atoms with van der Waals surface area (Å²) in [4.78, 5) is 12.3. The summed E-state index contributed by atoms with van der Waals surface area (Å²) >= 11 is 5.94. The van der Waals surface area contributed by atoms with Crippen LogP contribution >= 0.6 is 11.6 Å². The van der Waals surface area contributed by atoms with Gasteiger partial charge in [-0.25, -0.2) is 4.39 Å². The van der Waals surface area contributed by atoms with Crippen LogP contribution in [0.4, 0.5) is 4.39 Å². The van der Waals surface area contributed by atoms with Gasteiger partial charge in [0.2, 0.25) is 0 Å². The molecule has 0 fully saturated rings. The number of hydrogen-bond acceptors (Lipinski definition) is 1. The van der Waals surface area contributed by atoms with Crippen molar-refractivity contribution < 1.29 is 9.18 Å². The zero-order valence-corrected chi connectivity index (χ0v) is 11.6. The molecule has 2 aromatic rings. The Labute approximate surface area is 117 Å². The third kappa shape index (κ3) is 3.02. The van der Waals surface area contributed by atoms with Gasteiger partial charge < -0.3 is 0 Å². The van der Waals surface area contributed by atoms with E-state index in [-0.39, 0.29) is 12.2 Å². The second kappa shape index (κ2) is 5.54. The van der Waals surface area contributed by atoms with Gasteiger partial charge in [0.1, 0.15) is 5.82 Å². The Morgan fingerprint density at radius 3 is 2.63 bits per heavy atom. The fraction of sp³-hybridized carbons (Fsp3) is 0.188. The quantitative estimate of drug-likeness (QED) is 0.753. The highest BCUT2D eigenvalue weighted by atomic mass is 35.5. The van der Waals surface area contributed by atoms with Gasteiger partial charge in [0.05, 0.1) is 0 Å². The molecule has 0 spiro atoms. The zero-order chi connectivity index (χ0) is 14.0. The van der Waals surface area contributed by atoms with Gasteiger partial charge in [-0.1, -0.05) is 35.9 Å². The van der Waals surface area contributed by atoms with Crippen LogP contribution in [0, 0.1) is 19.7 Å². The first kappa shape index (κ1) is 13.8. The van der Waals surface area contributed by atoms with Gasteiger partial charge in [0.25, 0.3) is 0 Å². The minimum absolute atomic E-state index is 0.00490. The summed E-state index contributed by atoms with van der Waals surface area (Å²) in [5.74, 6) is -0.400. The van der Waals surface area contributed by atoms with Crippen molar-refractivity contribution in [2.24, 2.45) is 0 Å². The van der Waals surface area contributed by atoms with E-state index in [1.165, 1.54) is 12.1 Å². The van der Waals surface area contributed by atoms with Crippen molar-refractivity contribution in [3.05, 3.63) is 69.5 Å². The molecule has 0 aliphatic carbocycles. The SMILES string of the molecule is Cc1cccc(C(=O)Cc2ccc(F)cc2Cl)c1C. The highest BCUT2D eigenvalue weighted by molar-refractivity contribution is 6.31. The number of rotatable bonds is 3. The van der Waals surface area contributed by atoms with Crippen molar-refractivity contribution in [3.8, 4) is 0 Å². The largest absolute Gasteiger partial charge is 0.294 e. The zero-order valence-electron chi connectivity index (χ0n) is 10.8. The van der Waals surface area contributed by atoms with Gasteiger partial charge in [-0.3, -0.25) is 4.79 Å². The van der Waals surface area contributed by atoms with E-state index in [0.717, 1.165) is 11.1 Å². The number of halogens is 2. The Morgan fingerprint density at radius 1 is 1.21 bits per heavy atom. The number of hydrogen-bond donors (Lipinski definition) is 0. The van der Waals surface area contributed by atoms with E-state index < -0.39 is 5.82 Å². The Kier molecular flexibility index (Phi) is 4.01. The van der Waals surface area contributed by atoms with E-state index in [1.54, 1.807) is 6.07 Å². The summed E-state index contributed by atoms with van der Waals surface area (Å²) in [5, 5.41) is 0.290. The smallest absolute Gasteiger partial charge is 0.167 e. The molecule has 0 aromatic heterocycles. The van der Waals surface area contributed by atoms with Crippen molar-refractivity contribution in [1.29, 1.82) is 0 Å². The molecule has 3 heteroatoms. The van der Waals surface area contributed by atoms with E-state index in [9.17, 15) is 9.18 Å². The Hall–Kier alpha value is -1.67. The van der Waals surface area contributed by atoms with Gasteiger partial charge in [0.15, 0.2) is 5.78 Å². The summed E-state index contributed by atoms with van der Waals surface area (Å²) in [5.41, 5.74) is 3.40. The third-order valence-corrected chi connectivity index (χ3v) is 3.62. The molecule has 0 atom stereocenters. The van der Waals surface area contributed by atoms with Gasteiger partial charge >= 0.3 is 0 Å². The summed E-state index contributed by atoms with van der Waals surface area (Å²) in [6, 6.07) is 9.74. The number of ketones is 1. The molecule has 0 saturated carbocycles. The van der Waals surface area contributed by atoms with E-state index >= 15 is 0 Å². The molecule has 0 amide bonds. The van der Waals surface area contributed by atoms with Crippen LogP contribution in [-0.2, 0) is 6.42 Å². The standard InChI is InChI=1S/C16H14ClFO/c1-10-4-3-5-14(11(10)2)16(19)8-12-6-7-13(18)9-15(12)17/h3-7,9H,8H2,1-2H3. The number of carbonyl (C=O) groups is 1. The third-order valence-electron chi connectivity index (χ3n) is 3.27. The van der Waals surface area contributed by atoms with Crippen molar-refractivity contribution in [2.45, 2.75) is 20.3 Å². The molecule has 19 heavy (non-hydrogen) atoms. The van der Waals surface area contributed by atoms with Crippen LogP contribution in [0.3, 0.4) is 0 Å². The fourth-order valence-corrected chi connectivity index (χ4v) is 2.22. The van der Waals surface area contributed by atoms with Crippen LogP contribution in [0.1, 0.15) is 27.0 Å². The molecule has 2 rings (SSSR count). The van der Waals surface area contributed by atoms with Crippen LogP contribution in [0.15, 0.2) is 36.4 Å². The first-order chi connectivity index (χ1) is 8.99. The van der Waals surface area contributed by atoms with Gasteiger partial charge in [-0.2, -0.15) is 0 Å². The number of benzene rings is 2. The monoisotopic (exact) mass is 276 g/mol. The van der Waals surface area contributed by atoms with Crippen LogP contribution in [-0.4, -0.2) is 5.78 Å². The summed E-state index contributed by atoms with van der Waals surface area (Å²) < 4.78 is 13.0. The molecule has 0 N–H and O–H groups in total. The fourth-order valence-electron chi connectivity index (χ4n) is 1.99. The van der Waals surface area contributed by atoms with Crippen molar-refractivity contribution >= 4 is 17.4 Å². The predicted molar refractivity (Wildman–Crippen MR) is 75.4 cm³/mol. The summed E-state index contributed by atoms with van der Waals surface area (Å²) in [7, 11) is 0. The van der Waals surface area contributed by atoms with Crippen LogP contribution < -0.4 is 0 Å². The molecule has 2 aromatic carbocycles. The normalized spacial score (nSPS) is 10.5. The molecule has 0 heterocycles. The maximum Gasteiger partial charge on any atom is 0.167 e. The lowest BCUT2D eigenvalue weighted by Crippen LogP contribution is -2.07. The molecule has 0 saturated heterocycles. The number of Topliss-reactive ketones (excluding diaryl/α,β-unsaturated/α-hetero) is 1. The highest BCUT2D eigenvalue weighted by Crippen LogP contribution is 2.21. The molecule has 0 radical (unpaired) electrons. The predicted octanol–water partition coefficient (Wildman–Crippen LogP) is 4.52. The average molecular weight is 277 g/mol. The van der Waals surface area contributed by atoms with E-state index in [0.29, 0.717) is 16.1 Å². The second-order valence-electron chi connectivity index (χ2n) is 4.58. The van der Waals surface area contributed by atoms with Crippen molar-refractivity contribution in [2.75, 3.05) is 0 Å². The average Bonchev–Trinajstić information content (AvgIpc) is 2.36. The lowest BCUT2D eigenvalue weighted by molar-refractivity contribution is 0.0992. The maximum absolute atomic E-state index is 13.0. The van der Waals surface area contributed by atoms with E-state index in [4.69, 9.17) is 11.6 Å². The molecule has 0 aliphatic heterocycles. The highest BCUT2D eigenvalue weighted by Gasteiger charge is 2.13. The number of carbonyl (C=O) groups excluding carboxylic acids is 1.